The Labute approximate surface area is 139 Å². The largest absolute Gasteiger partial charge is 0.417 e. The summed E-state index contributed by atoms with van der Waals surface area (Å²) in [5.41, 5.74) is 2.79. The average Bonchev–Trinajstić information content (AvgIpc) is 2.94. The summed E-state index contributed by atoms with van der Waals surface area (Å²) in [5.74, 6) is -0.611. The minimum atomic E-state index is -3.69. The molecule has 0 saturated carbocycles. The number of aryl methyl sites for hydroxylation is 1. The highest BCUT2D eigenvalue weighted by Crippen LogP contribution is 2.17. The Morgan fingerprint density at radius 1 is 1.08 bits per heavy atom. The predicted molar refractivity (Wildman–Crippen MR) is 91.3 cm³/mol. The molecule has 2 N–H and O–H groups in total. The standard InChI is InChI=1S/C17H18N2O4S/c1-2-3-12-4-6-13(7-5-12)11-18-24(21,22)14-8-9-15-16(10-14)23-17(20)19-15/h4-10,18H,2-3,11H2,1H3,(H,19,20). The summed E-state index contributed by atoms with van der Waals surface area (Å²) < 4.78 is 32.2. The molecule has 0 fully saturated rings. The summed E-state index contributed by atoms with van der Waals surface area (Å²) in [6.45, 7) is 2.31. The Morgan fingerprint density at radius 3 is 2.50 bits per heavy atom. The fourth-order valence-electron chi connectivity index (χ4n) is 2.47. The molecule has 0 unspecified atom stereocenters. The van der Waals surface area contributed by atoms with Crippen LogP contribution in [0.1, 0.15) is 24.5 Å². The molecule has 0 aliphatic heterocycles. The van der Waals surface area contributed by atoms with E-state index in [0.29, 0.717) is 5.52 Å². The second kappa shape index (κ2) is 6.62. The van der Waals surface area contributed by atoms with Crippen LogP contribution >= 0.6 is 0 Å². The molecule has 0 saturated heterocycles. The summed E-state index contributed by atoms with van der Waals surface area (Å²) >= 11 is 0. The predicted octanol–water partition coefficient (Wildman–Crippen LogP) is 2.55. The lowest BCUT2D eigenvalue weighted by Crippen LogP contribution is -2.23. The molecule has 0 atom stereocenters. The number of hydrogen-bond acceptors (Lipinski definition) is 4. The Balaban J connectivity index is 1.75. The van der Waals surface area contributed by atoms with Crippen LogP contribution in [0, 0.1) is 0 Å². The molecule has 0 amide bonds. The van der Waals surface area contributed by atoms with Gasteiger partial charge in [0.15, 0.2) is 5.58 Å². The Bertz CT molecular complexity index is 1000. The number of nitrogens with one attached hydrogen (secondary N) is 2. The minimum absolute atomic E-state index is 0.0559. The van der Waals surface area contributed by atoms with Crippen LogP contribution in [0.3, 0.4) is 0 Å². The molecule has 0 bridgehead atoms. The van der Waals surface area contributed by atoms with E-state index in [1.54, 1.807) is 0 Å². The maximum absolute atomic E-state index is 12.4. The lowest BCUT2D eigenvalue weighted by Gasteiger charge is -2.07. The highest BCUT2D eigenvalue weighted by Gasteiger charge is 2.15. The molecule has 0 spiro atoms. The zero-order valence-electron chi connectivity index (χ0n) is 13.2. The van der Waals surface area contributed by atoms with Crippen molar-refractivity contribution in [1.29, 1.82) is 0 Å². The minimum Gasteiger partial charge on any atom is -0.408 e. The van der Waals surface area contributed by atoms with Gasteiger partial charge in [0.25, 0.3) is 0 Å². The fourth-order valence-corrected chi connectivity index (χ4v) is 3.50. The molecule has 1 heterocycles. The van der Waals surface area contributed by atoms with Crippen LogP contribution in [-0.2, 0) is 23.0 Å². The molecule has 1 aromatic heterocycles. The maximum atomic E-state index is 12.4. The molecule has 0 aliphatic rings. The van der Waals surface area contributed by atoms with Crippen molar-refractivity contribution in [3.63, 3.8) is 0 Å². The van der Waals surface area contributed by atoms with E-state index >= 15 is 0 Å². The van der Waals surface area contributed by atoms with Gasteiger partial charge in [0, 0.05) is 12.6 Å². The van der Waals surface area contributed by atoms with Crippen LogP contribution in [0.4, 0.5) is 0 Å². The zero-order chi connectivity index (χ0) is 17.2. The van der Waals surface area contributed by atoms with Crippen molar-refractivity contribution in [3.05, 3.63) is 64.1 Å². The van der Waals surface area contributed by atoms with Gasteiger partial charge in [0.2, 0.25) is 10.0 Å². The Kier molecular flexibility index (Phi) is 4.55. The van der Waals surface area contributed by atoms with Crippen LogP contribution in [0.25, 0.3) is 11.1 Å². The topological polar surface area (TPSA) is 92.2 Å². The van der Waals surface area contributed by atoms with Gasteiger partial charge in [-0.2, -0.15) is 0 Å². The third-order valence-electron chi connectivity index (χ3n) is 3.73. The van der Waals surface area contributed by atoms with E-state index < -0.39 is 15.8 Å². The smallest absolute Gasteiger partial charge is 0.408 e. The molecule has 3 aromatic rings. The number of aromatic amines is 1. The van der Waals surface area contributed by atoms with E-state index in [9.17, 15) is 13.2 Å². The van der Waals surface area contributed by atoms with Crippen molar-refractivity contribution in [3.8, 4) is 0 Å². The molecule has 6 nitrogen and oxygen atoms in total. The quantitative estimate of drug-likeness (QED) is 0.717. The maximum Gasteiger partial charge on any atom is 0.417 e. The van der Waals surface area contributed by atoms with Gasteiger partial charge in [0.1, 0.15) is 0 Å². The van der Waals surface area contributed by atoms with Crippen molar-refractivity contribution in [2.24, 2.45) is 0 Å². The molecule has 2 aromatic carbocycles. The fraction of sp³-hybridized carbons (Fsp3) is 0.235. The van der Waals surface area contributed by atoms with Crippen LogP contribution < -0.4 is 10.5 Å². The van der Waals surface area contributed by atoms with Crippen LogP contribution in [-0.4, -0.2) is 13.4 Å². The van der Waals surface area contributed by atoms with Crippen LogP contribution in [0.5, 0.6) is 0 Å². The van der Waals surface area contributed by atoms with Gasteiger partial charge in [-0.05, 0) is 29.7 Å². The van der Waals surface area contributed by atoms with Gasteiger partial charge in [-0.1, -0.05) is 37.6 Å². The first kappa shape index (κ1) is 16.5. The van der Waals surface area contributed by atoms with Crippen molar-refractivity contribution < 1.29 is 12.8 Å². The Hall–Kier alpha value is -2.38. The highest BCUT2D eigenvalue weighted by molar-refractivity contribution is 7.89. The van der Waals surface area contributed by atoms with Gasteiger partial charge >= 0.3 is 5.76 Å². The number of H-pyrrole nitrogens is 1. The van der Waals surface area contributed by atoms with Crippen molar-refractivity contribution in [2.75, 3.05) is 0 Å². The van der Waals surface area contributed by atoms with Gasteiger partial charge < -0.3 is 4.42 Å². The van der Waals surface area contributed by atoms with Gasteiger partial charge in [-0.3, -0.25) is 4.98 Å². The van der Waals surface area contributed by atoms with Crippen molar-refractivity contribution >= 4 is 21.1 Å². The molecule has 7 heteroatoms. The summed E-state index contributed by atoms with van der Waals surface area (Å²) in [6.07, 6.45) is 2.08. The second-order valence-electron chi connectivity index (χ2n) is 5.56. The average molecular weight is 346 g/mol. The van der Waals surface area contributed by atoms with E-state index in [-0.39, 0.29) is 17.0 Å². The lowest BCUT2D eigenvalue weighted by molar-refractivity contribution is 0.553. The third kappa shape index (κ3) is 3.58. The van der Waals surface area contributed by atoms with E-state index in [2.05, 4.69) is 16.6 Å². The molecule has 24 heavy (non-hydrogen) atoms. The zero-order valence-corrected chi connectivity index (χ0v) is 14.0. The number of hydrogen-bond donors (Lipinski definition) is 2. The number of oxazole rings is 1. The SMILES string of the molecule is CCCc1ccc(CNS(=O)(=O)c2ccc3[nH]c(=O)oc3c2)cc1. The van der Waals surface area contributed by atoms with Crippen LogP contribution in [0.15, 0.2) is 56.6 Å². The van der Waals surface area contributed by atoms with E-state index in [4.69, 9.17) is 4.42 Å². The Morgan fingerprint density at radius 2 is 1.79 bits per heavy atom. The van der Waals surface area contributed by atoms with Crippen molar-refractivity contribution in [2.45, 2.75) is 31.2 Å². The monoisotopic (exact) mass is 346 g/mol. The second-order valence-corrected chi connectivity index (χ2v) is 7.33. The van der Waals surface area contributed by atoms with E-state index in [1.165, 1.54) is 23.8 Å². The lowest BCUT2D eigenvalue weighted by atomic mass is 10.1. The number of sulfonamides is 1. The number of benzene rings is 2. The molecule has 126 valence electrons. The number of rotatable bonds is 6. The van der Waals surface area contributed by atoms with E-state index in [0.717, 1.165) is 18.4 Å². The molecule has 0 aliphatic carbocycles. The number of aromatic nitrogens is 1. The van der Waals surface area contributed by atoms with E-state index in [1.807, 2.05) is 24.3 Å². The molecular weight excluding hydrogens is 328 g/mol. The first-order chi connectivity index (χ1) is 11.5. The molecular formula is C17H18N2O4S. The number of fused-ring (bicyclic) bond motifs is 1. The van der Waals surface area contributed by atoms with Crippen molar-refractivity contribution in [1.82, 2.24) is 9.71 Å². The summed E-state index contributed by atoms with van der Waals surface area (Å²) in [5, 5.41) is 0. The first-order valence-corrected chi connectivity index (χ1v) is 9.16. The van der Waals surface area contributed by atoms with Gasteiger partial charge in [-0.15, -0.1) is 0 Å². The van der Waals surface area contributed by atoms with Gasteiger partial charge in [-0.25, -0.2) is 17.9 Å². The highest BCUT2D eigenvalue weighted by atomic mass is 32.2. The molecule has 3 rings (SSSR count). The normalized spacial score (nSPS) is 11.9. The first-order valence-electron chi connectivity index (χ1n) is 7.68. The summed E-state index contributed by atoms with van der Waals surface area (Å²) in [6, 6.07) is 12.1. The third-order valence-corrected chi connectivity index (χ3v) is 5.13. The van der Waals surface area contributed by atoms with Gasteiger partial charge in [0.05, 0.1) is 10.4 Å². The van der Waals surface area contributed by atoms with Crippen LogP contribution in [0.2, 0.25) is 0 Å². The summed E-state index contributed by atoms with van der Waals surface area (Å²) in [7, 11) is -3.69. The summed E-state index contributed by atoms with van der Waals surface area (Å²) in [4.78, 5) is 13.7. The molecule has 0 radical (unpaired) electrons.